The van der Waals surface area contributed by atoms with Crippen molar-refractivity contribution in [1.29, 1.82) is 0 Å². The van der Waals surface area contributed by atoms with Gasteiger partial charge < -0.3 is 43.0 Å². The fourth-order valence-electron chi connectivity index (χ4n) is 7.57. The minimum atomic E-state index is -1.16. The summed E-state index contributed by atoms with van der Waals surface area (Å²) in [4.78, 5) is 72.3. The second-order valence-electron chi connectivity index (χ2n) is 15.1. The predicted octanol–water partition coefficient (Wildman–Crippen LogP) is 2.90. The van der Waals surface area contributed by atoms with E-state index in [1.165, 1.54) is 0 Å². The van der Waals surface area contributed by atoms with Crippen molar-refractivity contribution in [3.05, 3.63) is 120 Å². The smallest absolute Gasteiger partial charge is 0.243 e. The van der Waals surface area contributed by atoms with Gasteiger partial charge in [-0.2, -0.15) is 0 Å². The Hall–Kier alpha value is -6.05. The van der Waals surface area contributed by atoms with Crippen LogP contribution in [0.2, 0.25) is 0 Å². The number of aromatic nitrogens is 1. The summed E-state index contributed by atoms with van der Waals surface area (Å²) in [5, 5.41) is 17.9. The van der Waals surface area contributed by atoms with E-state index in [4.69, 9.17) is 11.5 Å². The standard InChI is InChI=1S/C45H54N8O5/c46-21-9-8-16-37(41(47)54)50-43(56)38(25-29-10-2-1-3-11-29)52-45(58)40(27-34-28-49-36-15-7-6-14-35(34)36)53-44(57)39(51-42(55)32-19-22-48-23-20-32)26-30-17-18-31-12-4-5-13-33(31)24-30/h1-7,10-15,17-18,24,28,32,37-40,48-49H,8-9,16,19-23,25-27,46H2,(H2,47,54)(H,50,56)(H,51,55)(H,52,58)(H,53,57)/t37-,38-,39+,40+/m0/s1. The largest absolute Gasteiger partial charge is 0.368 e. The number of carbonyl (C=O) groups excluding carboxylic acids is 5. The van der Waals surface area contributed by atoms with Gasteiger partial charge in [-0.05, 0) is 85.3 Å². The summed E-state index contributed by atoms with van der Waals surface area (Å²) < 4.78 is 0. The molecule has 0 aliphatic carbocycles. The van der Waals surface area contributed by atoms with E-state index in [0.717, 1.165) is 38.4 Å². The number of primary amides is 1. The van der Waals surface area contributed by atoms with E-state index in [9.17, 15) is 24.0 Å². The number of hydrogen-bond acceptors (Lipinski definition) is 7. The third-order valence-electron chi connectivity index (χ3n) is 10.9. The molecule has 0 saturated carbocycles. The number of nitrogens with two attached hydrogens (primary N) is 2. The number of unbranched alkanes of at least 4 members (excludes halogenated alkanes) is 1. The molecular weight excluding hydrogens is 733 g/mol. The second-order valence-corrected chi connectivity index (χ2v) is 15.1. The van der Waals surface area contributed by atoms with Crippen LogP contribution in [-0.2, 0) is 43.2 Å². The van der Waals surface area contributed by atoms with Crippen molar-refractivity contribution in [1.82, 2.24) is 31.6 Å². The van der Waals surface area contributed by atoms with Crippen molar-refractivity contribution in [2.24, 2.45) is 17.4 Å². The van der Waals surface area contributed by atoms with E-state index in [0.29, 0.717) is 51.7 Å². The van der Waals surface area contributed by atoms with Gasteiger partial charge in [0.25, 0.3) is 0 Å². The summed E-state index contributed by atoms with van der Waals surface area (Å²) in [6.45, 7) is 1.84. The Labute approximate surface area is 338 Å². The van der Waals surface area contributed by atoms with Gasteiger partial charge >= 0.3 is 0 Å². The maximum atomic E-state index is 14.6. The van der Waals surface area contributed by atoms with Gasteiger partial charge in [-0.25, -0.2) is 0 Å². The van der Waals surface area contributed by atoms with Crippen molar-refractivity contribution < 1.29 is 24.0 Å². The zero-order valence-corrected chi connectivity index (χ0v) is 32.7. The molecule has 1 aliphatic rings. The third-order valence-corrected chi connectivity index (χ3v) is 10.9. The van der Waals surface area contributed by atoms with Crippen molar-refractivity contribution in [3.63, 3.8) is 0 Å². The van der Waals surface area contributed by atoms with Gasteiger partial charge in [0.05, 0.1) is 0 Å². The zero-order valence-electron chi connectivity index (χ0n) is 32.7. The summed E-state index contributed by atoms with van der Waals surface area (Å²) in [5.74, 6) is -2.89. The monoisotopic (exact) mass is 786 g/mol. The zero-order chi connectivity index (χ0) is 40.9. The predicted molar refractivity (Wildman–Crippen MR) is 225 cm³/mol. The number of nitrogens with one attached hydrogen (secondary N) is 6. The lowest BCUT2D eigenvalue weighted by molar-refractivity contribution is -0.135. The van der Waals surface area contributed by atoms with Gasteiger partial charge in [0, 0.05) is 42.3 Å². The molecule has 4 atom stereocenters. The quantitative estimate of drug-likeness (QED) is 0.0586. The van der Waals surface area contributed by atoms with Gasteiger partial charge in [0.15, 0.2) is 0 Å². The topological polar surface area (TPSA) is 213 Å². The Balaban J connectivity index is 1.29. The van der Waals surface area contributed by atoms with Crippen molar-refractivity contribution in [2.75, 3.05) is 19.6 Å². The third kappa shape index (κ3) is 11.3. The van der Waals surface area contributed by atoms with E-state index >= 15 is 0 Å². The molecule has 1 fully saturated rings. The average molecular weight is 787 g/mol. The molecule has 304 valence electrons. The molecule has 58 heavy (non-hydrogen) atoms. The molecule has 0 bridgehead atoms. The SMILES string of the molecule is NCCCC[C@H](NC(=O)[C@H](Cc1ccccc1)NC(=O)[C@@H](Cc1c[nH]c2ccccc12)NC(=O)[C@@H](Cc1ccc2ccccc2c1)NC(=O)C1CCNCC1)C(N)=O. The van der Waals surface area contributed by atoms with E-state index in [-0.39, 0.29) is 31.1 Å². The minimum Gasteiger partial charge on any atom is -0.368 e. The molecular formula is C45H54N8O5. The number of piperidine rings is 1. The molecule has 1 aromatic heterocycles. The van der Waals surface area contributed by atoms with Crippen LogP contribution in [0.4, 0.5) is 0 Å². The molecule has 0 unspecified atom stereocenters. The molecule has 2 heterocycles. The Bertz CT molecular complexity index is 2180. The van der Waals surface area contributed by atoms with E-state index in [1.807, 2.05) is 97.1 Å². The summed E-state index contributed by atoms with van der Waals surface area (Å²) in [6.07, 6.45) is 5.00. The molecule has 13 nitrogen and oxygen atoms in total. The van der Waals surface area contributed by atoms with Gasteiger partial charge in [0.1, 0.15) is 24.2 Å². The van der Waals surface area contributed by atoms with Gasteiger partial charge in [-0.15, -0.1) is 0 Å². The average Bonchev–Trinajstić information content (AvgIpc) is 3.65. The number of fused-ring (bicyclic) bond motifs is 2. The van der Waals surface area contributed by atoms with Crippen LogP contribution < -0.4 is 38.1 Å². The van der Waals surface area contributed by atoms with Gasteiger partial charge in [-0.1, -0.05) is 91.0 Å². The van der Waals surface area contributed by atoms with E-state index < -0.39 is 47.8 Å². The highest BCUT2D eigenvalue weighted by Crippen LogP contribution is 2.21. The highest BCUT2D eigenvalue weighted by atomic mass is 16.2. The Kier molecular flexibility index (Phi) is 14.6. The van der Waals surface area contributed by atoms with Crippen LogP contribution in [0.5, 0.6) is 0 Å². The fourth-order valence-corrected chi connectivity index (χ4v) is 7.57. The molecule has 4 aromatic carbocycles. The number of benzene rings is 4. The number of aromatic amines is 1. The van der Waals surface area contributed by atoms with Crippen LogP contribution in [-0.4, -0.2) is 78.3 Å². The van der Waals surface area contributed by atoms with E-state index in [2.05, 4.69) is 31.6 Å². The lowest BCUT2D eigenvalue weighted by atomic mass is 9.95. The van der Waals surface area contributed by atoms with Crippen LogP contribution in [0.25, 0.3) is 21.7 Å². The number of amides is 5. The normalized spacial score (nSPS) is 15.2. The van der Waals surface area contributed by atoms with Crippen molar-refractivity contribution in [3.8, 4) is 0 Å². The maximum absolute atomic E-state index is 14.6. The van der Waals surface area contributed by atoms with Crippen LogP contribution in [0, 0.1) is 5.92 Å². The first-order valence-corrected chi connectivity index (χ1v) is 20.2. The van der Waals surface area contributed by atoms with Gasteiger partial charge in [-0.3, -0.25) is 24.0 Å². The first-order valence-electron chi connectivity index (χ1n) is 20.2. The molecule has 6 rings (SSSR count). The summed E-state index contributed by atoms with van der Waals surface area (Å²) in [5.41, 5.74) is 14.6. The molecule has 1 aliphatic heterocycles. The summed E-state index contributed by atoms with van der Waals surface area (Å²) >= 11 is 0. The molecule has 10 N–H and O–H groups in total. The van der Waals surface area contributed by atoms with Crippen LogP contribution in [0.3, 0.4) is 0 Å². The maximum Gasteiger partial charge on any atom is 0.243 e. The minimum absolute atomic E-state index is 0.0786. The Morgan fingerprint density at radius 3 is 1.95 bits per heavy atom. The molecule has 0 spiro atoms. The summed E-state index contributed by atoms with van der Waals surface area (Å²) in [7, 11) is 0. The van der Waals surface area contributed by atoms with Crippen LogP contribution in [0.1, 0.15) is 48.8 Å². The van der Waals surface area contributed by atoms with Gasteiger partial charge in [0.2, 0.25) is 29.5 Å². The first kappa shape index (κ1) is 41.6. The number of H-pyrrole nitrogens is 1. The number of rotatable bonds is 19. The second kappa shape index (κ2) is 20.4. The number of carbonyl (C=O) groups is 5. The number of para-hydroxylation sites is 1. The highest BCUT2D eigenvalue weighted by Gasteiger charge is 2.33. The molecule has 1 saturated heterocycles. The van der Waals surface area contributed by atoms with E-state index in [1.54, 1.807) is 6.20 Å². The molecule has 5 amide bonds. The van der Waals surface area contributed by atoms with Crippen LogP contribution in [0.15, 0.2) is 103 Å². The lowest BCUT2D eigenvalue weighted by Crippen LogP contribution is -2.59. The van der Waals surface area contributed by atoms with Crippen molar-refractivity contribution >= 4 is 51.2 Å². The molecule has 13 heteroatoms. The molecule has 5 aromatic rings. The fraction of sp³-hybridized carbons (Fsp3) is 0.356. The number of hydrogen-bond donors (Lipinski definition) is 8. The first-order chi connectivity index (χ1) is 28.2. The van der Waals surface area contributed by atoms with Crippen molar-refractivity contribution in [2.45, 2.75) is 75.5 Å². The highest BCUT2D eigenvalue weighted by molar-refractivity contribution is 5.96. The molecule has 0 radical (unpaired) electrons. The summed E-state index contributed by atoms with van der Waals surface area (Å²) in [6, 6.07) is 26.4. The Morgan fingerprint density at radius 2 is 1.24 bits per heavy atom. The van der Waals surface area contributed by atoms with Crippen LogP contribution >= 0.6 is 0 Å². The lowest BCUT2D eigenvalue weighted by Gasteiger charge is -2.28. The Morgan fingerprint density at radius 1 is 0.638 bits per heavy atom.